The number of anilines is 1. The van der Waals surface area contributed by atoms with Crippen molar-refractivity contribution in [2.24, 2.45) is 0 Å². The van der Waals surface area contributed by atoms with Crippen molar-refractivity contribution in [3.8, 4) is 0 Å². The van der Waals surface area contributed by atoms with Gasteiger partial charge in [-0.05, 0) is 19.1 Å². The van der Waals surface area contributed by atoms with Gasteiger partial charge in [-0.3, -0.25) is 25.4 Å². The molecule has 0 fully saturated rings. The fourth-order valence-electron chi connectivity index (χ4n) is 1.28. The number of nitrogens with zero attached hydrogens (tertiary/aromatic N) is 2. The molecule has 0 radical (unpaired) electrons. The molecule has 1 aromatic heterocycles. The molecule has 0 aliphatic heterocycles. The van der Waals surface area contributed by atoms with E-state index in [0.29, 0.717) is 10.6 Å². The van der Waals surface area contributed by atoms with Crippen LogP contribution in [0.15, 0.2) is 29.1 Å². The molecule has 7 nitrogen and oxygen atoms in total. The molecule has 3 N–H and O–H groups in total. The summed E-state index contributed by atoms with van der Waals surface area (Å²) < 4.78 is 0. The quantitative estimate of drug-likeness (QED) is 0.724. The number of aryl methyl sites for hydroxylation is 1. The van der Waals surface area contributed by atoms with E-state index in [4.69, 9.17) is 11.6 Å². The van der Waals surface area contributed by atoms with Crippen LogP contribution in [0.5, 0.6) is 0 Å². The molecule has 19 heavy (non-hydrogen) atoms. The van der Waals surface area contributed by atoms with Gasteiger partial charge in [-0.1, -0.05) is 23.7 Å². The van der Waals surface area contributed by atoms with E-state index in [1.54, 1.807) is 24.3 Å². The summed E-state index contributed by atoms with van der Waals surface area (Å²) in [6.45, 7) is 1.53. The van der Waals surface area contributed by atoms with Crippen LogP contribution in [-0.2, 0) is 0 Å². The lowest BCUT2D eigenvalue weighted by atomic mass is 10.2. The van der Waals surface area contributed by atoms with Crippen LogP contribution in [0.1, 0.15) is 16.1 Å². The number of H-pyrrole nitrogens is 1. The van der Waals surface area contributed by atoms with E-state index in [2.05, 4.69) is 26.0 Å². The zero-order valence-corrected chi connectivity index (χ0v) is 10.7. The fourth-order valence-corrected chi connectivity index (χ4v) is 1.50. The number of aromatic amines is 1. The number of hydrazine groups is 1. The number of carbonyl (C=O) groups excluding carboxylic acids is 1. The minimum absolute atomic E-state index is 0.0380. The van der Waals surface area contributed by atoms with E-state index in [0.717, 1.165) is 0 Å². The van der Waals surface area contributed by atoms with Crippen molar-refractivity contribution in [1.29, 1.82) is 0 Å². The summed E-state index contributed by atoms with van der Waals surface area (Å²) in [4.78, 5) is 25.5. The first-order valence-electron chi connectivity index (χ1n) is 5.32. The van der Waals surface area contributed by atoms with Gasteiger partial charge in [0.1, 0.15) is 5.69 Å². The van der Waals surface area contributed by atoms with Crippen LogP contribution < -0.4 is 16.4 Å². The highest BCUT2D eigenvalue weighted by Gasteiger charge is 2.09. The fraction of sp³-hybridized carbons (Fsp3) is 0.0909. The van der Waals surface area contributed by atoms with Crippen molar-refractivity contribution >= 4 is 23.5 Å². The molecule has 98 valence electrons. The number of benzene rings is 1. The molecule has 8 heteroatoms. The highest BCUT2D eigenvalue weighted by Crippen LogP contribution is 2.14. The van der Waals surface area contributed by atoms with Gasteiger partial charge in [0.05, 0.1) is 10.6 Å². The molecule has 0 atom stereocenters. The normalized spacial score (nSPS) is 10.0. The lowest BCUT2D eigenvalue weighted by Crippen LogP contribution is -2.32. The summed E-state index contributed by atoms with van der Waals surface area (Å²) >= 11 is 5.87. The van der Waals surface area contributed by atoms with Crippen molar-refractivity contribution in [2.45, 2.75) is 6.92 Å². The lowest BCUT2D eigenvalue weighted by molar-refractivity contribution is 0.0962. The van der Waals surface area contributed by atoms with Crippen molar-refractivity contribution < 1.29 is 4.79 Å². The Kier molecular flexibility index (Phi) is 3.76. The zero-order valence-electron chi connectivity index (χ0n) is 9.90. The highest BCUT2D eigenvalue weighted by atomic mass is 35.5. The van der Waals surface area contributed by atoms with Gasteiger partial charge >= 0.3 is 0 Å². The molecule has 0 aliphatic carbocycles. The Morgan fingerprint density at radius 2 is 2.05 bits per heavy atom. The molecule has 2 aromatic rings. The van der Waals surface area contributed by atoms with Gasteiger partial charge in [-0.25, -0.2) is 0 Å². The van der Waals surface area contributed by atoms with Gasteiger partial charge in [0.2, 0.25) is 5.95 Å². The van der Waals surface area contributed by atoms with Crippen molar-refractivity contribution in [1.82, 2.24) is 20.6 Å². The molecule has 0 saturated heterocycles. The second kappa shape index (κ2) is 5.49. The Bertz CT molecular complexity index is 670. The van der Waals surface area contributed by atoms with E-state index >= 15 is 0 Å². The van der Waals surface area contributed by atoms with E-state index in [-0.39, 0.29) is 17.2 Å². The van der Waals surface area contributed by atoms with E-state index < -0.39 is 5.91 Å². The Morgan fingerprint density at radius 1 is 1.32 bits per heavy atom. The third kappa shape index (κ3) is 3.08. The standard InChI is InChI=1S/C11H10ClN5O2/c1-6-9(18)13-11(16-14-6)17-15-10(19)7-4-2-3-5-8(7)12/h2-5H,1H3,(H,15,19)(H2,13,16,17,18). The first-order valence-corrected chi connectivity index (χ1v) is 5.70. The Hall–Kier alpha value is -2.41. The zero-order chi connectivity index (χ0) is 13.8. The number of hydrogen-bond acceptors (Lipinski definition) is 5. The largest absolute Gasteiger partial charge is 0.288 e. The molecule has 0 bridgehead atoms. The Labute approximate surface area is 113 Å². The van der Waals surface area contributed by atoms with Gasteiger partial charge in [-0.15, -0.1) is 10.2 Å². The molecule has 0 saturated carbocycles. The highest BCUT2D eigenvalue weighted by molar-refractivity contribution is 6.33. The van der Waals surface area contributed by atoms with Gasteiger partial charge in [0, 0.05) is 0 Å². The minimum atomic E-state index is -0.450. The van der Waals surface area contributed by atoms with Crippen LogP contribution in [0, 0.1) is 6.92 Å². The number of nitrogens with one attached hydrogen (secondary N) is 3. The first-order chi connectivity index (χ1) is 9.08. The molecule has 1 aromatic carbocycles. The van der Waals surface area contributed by atoms with Crippen LogP contribution in [0.4, 0.5) is 5.95 Å². The number of halogens is 1. The van der Waals surface area contributed by atoms with Gasteiger partial charge in [0.25, 0.3) is 11.5 Å². The van der Waals surface area contributed by atoms with Crippen LogP contribution in [-0.4, -0.2) is 21.1 Å². The average Bonchev–Trinajstić information content (AvgIpc) is 2.40. The Morgan fingerprint density at radius 3 is 2.74 bits per heavy atom. The molecule has 2 rings (SSSR count). The molecular weight excluding hydrogens is 270 g/mol. The van der Waals surface area contributed by atoms with Crippen LogP contribution in [0.2, 0.25) is 5.02 Å². The summed E-state index contributed by atoms with van der Waals surface area (Å²) in [7, 11) is 0. The smallest absolute Gasteiger partial charge is 0.274 e. The predicted molar refractivity (Wildman–Crippen MR) is 69.9 cm³/mol. The topological polar surface area (TPSA) is 99.8 Å². The van der Waals surface area contributed by atoms with Gasteiger partial charge in [0.15, 0.2) is 0 Å². The van der Waals surface area contributed by atoms with Crippen LogP contribution >= 0.6 is 11.6 Å². The Balaban J connectivity index is 2.07. The van der Waals surface area contributed by atoms with E-state index in [1.165, 1.54) is 6.92 Å². The molecule has 0 aliphatic rings. The first kappa shape index (κ1) is 13.0. The number of aromatic nitrogens is 3. The van der Waals surface area contributed by atoms with Crippen molar-refractivity contribution in [2.75, 3.05) is 5.43 Å². The van der Waals surface area contributed by atoms with Crippen molar-refractivity contribution in [3.05, 3.63) is 50.9 Å². The second-order valence-corrected chi connectivity index (χ2v) is 4.05. The van der Waals surface area contributed by atoms with E-state index in [1.807, 2.05) is 0 Å². The summed E-state index contributed by atoms with van der Waals surface area (Å²) in [5, 5.41) is 7.60. The third-order valence-electron chi connectivity index (χ3n) is 2.27. The molecule has 1 heterocycles. The lowest BCUT2D eigenvalue weighted by Gasteiger charge is -2.07. The summed E-state index contributed by atoms with van der Waals surface area (Å²) in [6, 6.07) is 6.58. The molecular formula is C11H10ClN5O2. The van der Waals surface area contributed by atoms with Crippen molar-refractivity contribution in [3.63, 3.8) is 0 Å². The summed E-state index contributed by atoms with van der Waals surface area (Å²) in [5.41, 5.74) is 4.97. The minimum Gasteiger partial charge on any atom is -0.288 e. The summed E-state index contributed by atoms with van der Waals surface area (Å²) in [6.07, 6.45) is 0. The third-order valence-corrected chi connectivity index (χ3v) is 2.60. The predicted octanol–water partition coefficient (Wildman–Crippen LogP) is 0.884. The van der Waals surface area contributed by atoms with Gasteiger partial charge < -0.3 is 0 Å². The second-order valence-electron chi connectivity index (χ2n) is 3.65. The van der Waals surface area contributed by atoms with E-state index in [9.17, 15) is 9.59 Å². The molecule has 0 spiro atoms. The average molecular weight is 280 g/mol. The number of carbonyl (C=O) groups is 1. The maximum atomic E-state index is 11.8. The SMILES string of the molecule is Cc1nnc(NNC(=O)c2ccccc2Cl)[nH]c1=O. The van der Waals surface area contributed by atoms with Gasteiger partial charge in [-0.2, -0.15) is 0 Å². The van der Waals surface area contributed by atoms with Crippen LogP contribution in [0.3, 0.4) is 0 Å². The molecule has 1 amide bonds. The number of hydrogen-bond donors (Lipinski definition) is 3. The monoisotopic (exact) mass is 279 g/mol. The maximum absolute atomic E-state index is 11.8. The summed E-state index contributed by atoms with van der Waals surface area (Å²) in [5.74, 6) is -0.412. The number of rotatable bonds is 3. The maximum Gasteiger partial charge on any atom is 0.274 e. The molecule has 0 unspecified atom stereocenters. The van der Waals surface area contributed by atoms with Crippen LogP contribution in [0.25, 0.3) is 0 Å². The number of amides is 1.